The highest BCUT2D eigenvalue weighted by molar-refractivity contribution is 5.09. The Bertz CT molecular complexity index is 369. The quantitative estimate of drug-likeness (QED) is 0.788. The van der Waals surface area contributed by atoms with E-state index in [1.807, 2.05) is 6.92 Å². The molecule has 1 aliphatic rings. The molecule has 1 saturated carbocycles. The zero-order valence-electron chi connectivity index (χ0n) is 8.25. The lowest BCUT2D eigenvalue weighted by Crippen LogP contribution is -2.26. The van der Waals surface area contributed by atoms with Crippen molar-refractivity contribution >= 4 is 0 Å². The van der Waals surface area contributed by atoms with Gasteiger partial charge in [0.2, 0.25) is 5.88 Å². The Labute approximate surface area is 82.3 Å². The highest BCUT2D eigenvalue weighted by Crippen LogP contribution is 2.23. The molecule has 0 aromatic carbocycles. The summed E-state index contributed by atoms with van der Waals surface area (Å²) in [5.74, 6) is 1.15. The summed E-state index contributed by atoms with van der Waals surface area (Å²) >= 11 is 0. The van der Waals surface area contributed by atoms with Crippen molar-refractivity contribution in [2.24, 2.45) is 0 Å². The van der Waals surface area contributed by atoms with Gasteiger partial charge in [0.15, 0.2) is 0 Å². The fourth-order valence-electron chi connectivity index (χ4n) is 1.37. The van der Waals surface area contributed by atoms with Crippen LogP contribution >= 0.6 is 0 Å². The van der Waals surface area contributed by atoms with E-state index < -0.39 is 0 Å². The van der Waals surface area contributed by atoms with E-state index in [1.165, 1.54) is 12.5 Å². The summed E-state index contributed by atoms with van der Waals surface area (Å²) in [5.41, 5.74) is -0.133. The van der Waals surface area contributed by atoms with Crippen LogP contribution in [0.2, 0.25) is 0 Å². The number of hydrogen-bond acceptors (Lipinski definition) is 3. The van der Waals surface area contributed by atoms with Crippen molar-refractivity contribution < 1.29 is 4.74 Å². The van der Waals surface area contributed by atoms with E-state index in [0.29, 0.717) is 11.7 Å². The number of ether oxygens (including phenoxy) is 1. The van der Waals surface area contributed by atoms with Gasteiger partial charge in [-0.05, 0) is 19.3 Å². The predicted molar refractivity (Wildman–Crippen MR) is 52.5 cm³/mol. The number of hydrogen-bond donors (Lipinski definition) is 1. The van der Waals surface area contributed by atoms with Crippen LogP contribution in [0.25, 0.3) is 0 Å². The highest BCUT2D eigenvalue weighted by Gasteiger charge is 2.19. The first kappa shape index (κ1) is 9.24. The van der Waals surface area contributed by atoms with Crippen LogP contribution in [0.4, 0.5) is 0 Å². The number of aromatic amines is 1. The zero-order chi connectivity index (χ0) is 9.97. The second-order valence-corrected chi connectivity index (χ2v) is 3.55. The van der Waals surface area contributed by atoms with E-state index in [1.54, 1.807) is 0 Å². The van der Waals surface area contributed by atoms with Crippen LogP contribution < -0.4 is 10.3 Å². The van der Waals surface area contributed by atoms with Crippen LogP contribution in [0.3, 0.4) is 0 Å². The summed E-state index contributed by atoms with van der Waals surface area (Å²) in [6, 6.07) is 1.41. The Morgan fingerprint density at radius 2 is 2.43 bits per heavy atom. The zero-order valence-corrected chi connectivity index (χ0v) is 8.25. The van der Waals surface area contributed by atoms with Gasteiger partial charge in [0.05, 0.1) is 6.07 Å². The molecule has 0 amide bonds. The average Bonchev–Trinajstić information content (AvgIpc) is 2.10. The maximum atomic E-state index is 11.2. The molecule has 2 rings (SSSR count). The van der Waals surface area contributed by atoms with Gasteiger partial charge < -0.3 is 9.72 Å². The third-order valence-electron chi connectivity index (χ3n) is 2.44. The van der Waals surface area contributed by atoms with Gasteiger partial charge in [-0.15, -0.1) is 0 Å². The van der Waals surface area contributed by atoms with Crippen LogP contribution in [-0.2, 0) is 6.42 Å². The minimum atomic E-state index is -0.133. The first-order chi connectivity index (χ1) is 6.78. The van der Waals surface area contributed by atoms with Crippen LogP contribution in [0.15, 0.2) is 10.9 Å². The molecular formula is C10H14N2O2. The molecule has 0 radical (unpaired) electrons. The fraction of sp³-hybridized carbons (Fsp3) is 0.600. The predicted octanol–water partition coefficient (Wildman–Crippen LogP) is 1.26. The Morgan fingerprint density at radius 3 is 3.00 bits per heavy atom. The standard InChI is InChI=1S/C10H14N2O2/c1-2-8-11-9(13)6-10(12-8)14-7-4-3-5-7/h6-7H,2-5H2,1H3,(H,11,12,13). The van der Waals surface area contributed by atoms with Gasteiger partial charge in [0.1, 0.15) is 11.9 Å². The molecule has 0 bridgehead atoms. The number of nitrogens with one attached hydrogen (secondary N) is 1. The van der Waals surface area contributed by atoms with E-state index >= 15 is 0 Å². The lowest BCUT2D eigenvalue weighted by molar-refractivity contribution is 0.114. The molecule has 1 aromatic heterocycles. The van der Waals surface area contributed by atoms with Crippen LogP contribution in [-0.4, -0.2) is 16.1 Å². The summed E-state index contributed by atoms with van der Waals surface area (Å²) in [5, 5.41) is 0. The van der Waals surface area contributed by atoms with E-state index in [4.69, 9.17) is 4.74 Å². The third kappa shape index (κ3) is 1.95. The topological polar surface area (TPSA) is 55.0 Å². The van der Waals surface area contributed by atoms with Gasteiger partial charge in [0.25, 0.3) is 5.56 Å². The molecule has 14 heavy (non-hydrogen) atoms. The van der Waals surface area contributed by atoms with Crippen LogP contribution in [0, 0.1) is 0 Å². The van der Waals surface area contributed by atoms with Crippen molar-refractivity contribution in [3.05, 3.63) is 22.2 Å². The molecule has 1 fully saturated rings. The van der Waals surface area contributed by atoms with E-state index in [0.717, 1.165) is 19.3 Å². The molecule has 4 heteroatoms. The Kier molecular flexibility index (Phi) is 2.52. The maximum absolute atomic E-state index is 11.2. The van der Waals surface area contributed by atoms with Crippen molar-refractivity contribution in [3.63, 3.8) is 0 Å². The molecule has 0 saturated heterocycles. The minimum absolute atomic E-state index is 0.133. The molecule has 4 nitrogen and oxygen atoms in total. The molecule has 76 valence electrons. The molecule has 1 heterocycles. The van der Waals surface area contributed by atoms with Gasteiger partial charge in [-0.3, -0.25) is 4.79 Å². The van der Waals surface area contributed by atoms with Gasteiger partial charge >= 0.3 is 0 Å². The second kappa shape index (κ2) is 3.82. The highest BCUT2D eigenvalue weighted by atomic mass is 16.5. The maximum Gasteiger partial charge on any atom is 0.254 e. The van der Waals surface area contributed by atoms with E-state index in [2.05, 4.69) is 9.97 Å². The van der Waals surface area contributed by atoms with Gasteiger partial charge in [0, 0.05) is 6.42 Å². The van der Waals surface area contributed by atoms with Crippen molar-refractivity contribution in [2.45, 2.75) is 38.7 Å². The van der Waals surface area contributed by atoms with Gasteiger partial charge in [-0.2, -0.15) is 0 Å². The number of aromatic nitrogens is 2. The number of aryl methyl sites for hydroxylation is 1. The minimum Gasteiger partial charge on any atom is -0.474 e. The van der Waals surface area contributed by atoms with Crippen molar-refractivity contribution in [1.82, 2.24) is 9.97 Å². The van der Waals surface area contributed by atoms with Crippen LogP contribution in [0.1, 0.15) is 32.0 Å². The van der Waals surface area contributed by atoms with Crippen molar-refractivity contribution in [1.29, 1.82) is 0 Å². The van der Waals surface area contributed by atoms with Crippen molar-refractivity contribution in [2.75, 3.05) is 0 Å². The molecule has 0 atom stereocenters. The number of H-pyrrole nitrogens is 1. The second-order valence-electron chi connectivity index (χ2n) is 3.55. The normalized spacial score (nSPS) is 16.4. The molecule has 0 spiro atoms. The Morgan fingerprint density at radius 1 is 1.64 bits per heavy atom. The first-order valence-electron chi connectivity index (χ1n) is 5.05. The van der Waals surface area contributed by atoms with Gasteiger partial charge in [-0.25, -0.2) is 4.98 Å². The number of rotatable bonds is 3. The van der Waals surface area contributed by atoms with Crippen molar-refractivity contribution in [3.8, 4) is 5.88 Å². The summed E-state index contributed by atoms with van der Waals surface area (Å²) in [6.07, 6.45) is 4.37. The van der Waals surface area contributed by atoms with Gasteiger partial charge in [-0.1, -0.05) is 6.92 Å². The Balaban J connectivity index is 2.15. The number of nitrogens with zero attached hydrogens (tertiary/aromatic N) is 1. The summed E-state index contributed by atoms with van der Waals surface area (Å²) < 4.78 is 5.54. The van der Waals surface area contributed by atoms with Crippen LogP contribution in [0.5, 0.6) is 5.88 Å². The molecule has 1 N–H and O–H groups in total. The molecule has 1 aliphatic carbocycles. The molecule has 1 aromatic rings. The SMILES string of the molecule is CCc1nc(OC2CCC2)cc(=O)[nH]1. The van der Waals surface area contributed by atoms with E-state index in [9.17, 15) is 4.79 Å². The molecule has 0 unspecified atom stereocenters. The third-order valence-corrected chi connectivity index (χ3v) is 2.44. The lowest BCUT2D eigenvalue weighted by Gasteiger charge is -2.25. The Hall–Kier alpha value is -1.32. The smallest absolute Gasteiger partial charge is 0.254 e. The molecule has 0 aliphatic heterocycles. The fourth-order valence-corrected chi connectivity index (χ4v) is 1.37. The monoisotopic (exact) mass is 194 g/mol. The first-order valence-corrected chi connectivity index (χ1v) is 5.05. The largest absolute Gasteiger partial charge is 0.474 e. The average molecular weight is 194 g/mol. The van der Waals surface area contributed by atoms with E-state index in [-0.39, 0.29) is 11.7 Å². The summed E-state index contributed by atoms with van der Waals surface area (Å²) in [6.45, 7) is 1.95. The lowest BCUT2D eigenvalue weighted by atomic mass is 9.96. The summed E-state index contributed by atoms with van der Waals surface area (Å²) in [4.78, 5) is 18.0. The summed E-state index contributed by atoms with van der Waals surface area (Å²) in [7, 11) is 0. The molecular weight excluding hydrogens is 180 g/mol.